The number of carbonyl (C=O) groups is 1. The molecule has 2 aromatic carbocycles. The summed E-state index contributed by atoms with van der Waals surface area (Å²) >= 11 is 0. The molecule has 0 saturated heterocycles. The van der Waals surface area contributed by atoms with Crippen molar-refractivity contribution >= 4 is 5.91 Å². The van der Waals surface area contributed by atoms with Crippen molar-refractivity contribution in [3.63, 3.8) is 0 Å². The van der Waals surface area contributed by atoms with E-state index in [0.29, 0.717) is 22.6 Å². The van der Waals surface area contributed by atoms with Crippen LogP contribution in [0.15, 0.2) is 36.4 Å². The summed E-state index contributed by atoms with van der Waals surface area (Å²) in [6.45, 7) is 0.263. The fraction of sp³-hybridized carbons (Fsp3) is 0.278. The van der Waals surface area contributed by atoms with Gasteiger partial charge in [0.05, 0.1) is 21.3 Å². The molecule has 2 aromatic rings. The lowest BCUT2D eigenvalue weighted by atomic mass is 10.1. The van der Waals surface area contributed by atoms with Gasteiger partial charge in [0.15, 0.2) is 11.6 Å². The van der Waals surface area contributed by atoms with E-state index in [9.17, 15) is 9.18 Å². The molecule has 0 aliphatic rings. The summed E-state index contributed by atoms with van der Waals surface area (Å²) in [4.78, 5) is 14.1. The van der Waals surface area contributed by atoms with E-state index >= 15 is 0 Å². The monoisotopic (exact) mass is 333 g/mol. The fourth-order valence-electron chi connectivity index (χ4n) is 2.31. The zero-order valence-electron chi connectivity index (χ0n) is 14.1. The number of methoxy groups -OCH3 is 3. The van der Waals surface area contributed by atoms with Gasteiger partial charge in [-0.05, 0) is 29.8 Å². The molecule has 0 spiro atoms. The molecular formula is C18H20FNO4. The molecule has 0 aliphatic carbocycles. The Hall–Kier alpha value is -2.76. The fourth-order valence-corrected chi connectivity index (χ4v) is 2.31. The van der Waals surface area contributed by atoms with Crippen LogP contribution in [0, 0.1) is 5.82 Å². The first-order valence-electron chi connectivity index (χ1n) is 7.29. The van der Waals surface area contributed by atoms with E-state index in [1.54, 1.807) is 31.3 Å². The molecule has 5 nitrogen and oxygen atoms in total. The van der Waals surface area contributed by atoms with Gasteiger partial charge in [-0.15, -0.1) is 0 Å². The molecule has 1 amide bonds. The van der Waals surface area contributed by atoms with Crippen LogP contribution in [0.1, 0.15) is 15.9 Å². The molecule has 0 unspecified atom stereocenters. The van der Waals surface area contributed by atoms with Crippen LogP contribution >= 0.6 is 0 Å². The topological polar surface area (TPSA) is 48.0 Å². The molecule has 0 aliphatic heterocycles. The molecule has 0 atom stereocenters. The van der Waals surface area contributed by atoms with Crippen molar-refractivity contribution in [3.8, 4) is 17.2 Å². The van der Waals surface area contributed by atoms with E-state index in [1.165, 1.54) is 38.4 Å². The van der Waals surface area contributed by atoms with Crippen LogP contribution in [0.5, 0.6) is 17.2 Å². The van der Waals surface area contributed by atoms with Gasteiger partial charge in [-0.1, -0.05) is 6.07 Å². The van der Waals surface area contributed by atoms with Crippen LogP contribution in [0.4, 0.5) is 4.39 Å². The Kier molecular flexibility index (Phi) is 5.63. The summed E-state index contributed by atoms with van der Waals surface area (Å²) in [5.41, 5.74) is 1.10. The van der Waals surface area contributed by atoms with E-state index in [1.807, 2.05) is 0 Å². The Morgan fingerprint density at radius 2 is 1.62 bits per heavy atom. The van der Waals surface area contributed by atoms with Crippen molar-refractivity contribution < 1.29 is 23.4 Å². The van der Waals surface area contributed by atoms with E-state index in [2.05, 4.69) is 0 Å². The third-order valence-corrected chi connectivity index (χ3v) is 3.58. The molecule has 128 valence electrons. The molecule has 2 rings (SSSR count). The minimum absolute atomic E-state index is 0.172. The van der Waals surface area contributed by atoms with Crippen LogP contribution in [0.25, 0.3) is 0 Å². The molecule has 0 fully saturated rings. The number of halogens is 1. The summed E-state index contributed by atoms with van der Waals surface area (Å²) in [6, 6.07) is 9.58. The lowest BCUT2D eigenvalue weighted by Gasteiger charge is -2.18. The molecule has 0 saturated carbocycles. The predicted molar refractivity (Wildman–Crippen MR) is 88.3 cm³/mol. The Balaban J connectivity index is 2.19. The molecule has 24 heavy (non-hydrogen) atoms. The number of carbonyl (C=O) groups excluding carboxylic acids is 1. The van der Waals surface area contributed by atoms with Crippen LogP contribution in [0.3, 0.4) is 0 Å². The maximum absolute atomic E-state index is 13.8. The average Bonchev–Trinajstić information content (AvgIpc) is 2.60. The van der Waals surface area contributed by atoms with Crippen molar-refractivity contribution in [1.29, 1.82) is 0 Å². The Bertz CT molecular complexity index is 711. The van der Waals surface area contributed by atoms with Crippen LogP contribution in [-0.4, -0.2) is 39.2 Å². The minimum atomic E-state index is -0.459. The lowest BCUT2D eigenvalue weighted by Crippen LogP contribution is -2.26. The predicted octanol–water partition coefficient (Wildman–Crippen LogP) is 3.12. The zero-order valence-corrected chi connectivity index (χ0v) is 14.1. The highest BCUT2D eigenvalue weighted by Crippen LogP contribution is 2.24. The normalized spacial score (nSPS) is 10.2. The van der Waals surface area contributed by atoms with E-state index in [4.69, 9.17) is 14.2 Å². The maximum Gasteiger partial charge on any atom is 0.254 e. The van der Waals surface area contributed by atoms with Gasteiger partial charge in [0.25, 0.3) is 5.91 Å². The van der Waals surface area contributed by atoms with E-state index in [-0.39, 0.29) is 18.2 Å². The van der Waals surface area contributed by atoms with Gasteiger partial charge in [-0.25, -0.2) is 4.39 Å². The summed E-state index contributed by atoms with van der Waals surface area (Å²) < 4.78 is 29.0. The summed E-state index contributed by atoms with van der Waals surface area (Å²) in [7, 11) is 6.10. The second kappa shape index (κ2) is 7.68. The molecule has 0 N–H and O–H groups in total. The number of rotatable bonds is 6. The number of ether oxygens (including phenoxy) is 3. The Morgan fingerprint density at radius 1 is 1.00 bits per heavy atom. The molecule has 0 radical (unpaired) electrons. The molecule has 6 heteroatoms. The average molecular weight is 333 g/mol. The largest absolute Gasteiger partial charge is 0.497 e. The number of hydrogen-bond acceptors (Lipinski definition) is 4. The van der Waals surface area contributed by atoms with Crippen LogP contribution < -0.4 is 14.2 Å². The van der Waals surface area contributed by atoms with Gasteiger partial charge in [-0.3, -0.25) is 4.79 Å². The van der Waals surface area contributed by atoms with Gasteiger partial charge in [0.2, 0.25) is 0 Å². The smallest absolute Gasteiger partial charge is 0.254 e. The van der Waals surface area contributed by atoms with Gasteiger partial charge in [0, 0.05) is 25.2 Å². The number of hydrogen-bond donors (Lipinski definition) is 0. The third-order valence-electron chi connectivity index (χ3n) is 3.58. The second-order valence-electron chi connectivity index (χ2n) is 5.23. The highest BCUT2D eigenvalue weighted by Gasteiger charge is 2.15. The van der Waals surface area contributed by atoms with Crippen molar-refractivity contribution in [2.75, 3.05) is 28.4 Å². The van der Waals surface area contributed by atoms with E-state index < -0.39 is 5.82 Å². The van der Waals surface area contributed by atoms with Crippen molar-refractivity contribution in [1.82, 2.24) is 4.90 Å². The quantitative estimate of drug-likeness (QED) is 0.815. The Morgan fingerprint density at radius 3 is 2.12 bits per heavy atom. The molecular weight excluding hydrogens is 313 g/mol. The standard InChI is InChI=1S/C18H20FNO4/c1-20(11-12-5-6-17(24-4)16(19)7-12)18(21)13-8-14(22-2)10-15(9-13)23-3/h5-10H,11H2,1-4H3. The first-order chi connectivity index (χ1) is 11.5. The van der Waals surface area contributed by atoms with Crippen molar-refractivity contribution in [3.05, 3.63) is 53.3 Å². The number of amides is 1. The number of benzene rings is 2. The van der Waals surface area contributed by atoms with Gasteiger partial charge < -0.3 is 19.1 Å². The minimum Gasteiger partial charge on any atom is -0.497 e. The highest BCUT2D eigenvalue weighted by molar-refractivity contribution is 5.95. The Labute approximate surface area is 140 Å². The maximum atomic E-state index is 13.8. The summed E-state index contributed by atoms with van der Waals surface area (Å²) in [5.74, 6) is 0.552. The molecule has 0 aromatic heterocycles. The summed E-state index contributed by atoms with van der Waals surface area (Å²) in [5, 5.41) is 0. The summed E-state index contributed by atoms with van der Waals surface area (Å²) in [6.07, 6.45) is 0. The first kappa shape index (κ1) is 17.6. The number of nitrogens with zero attached hydrogens (tertiary/aromatic N) is 1. The van der Waals surface area contributed by atoms with Crippen molar-refractivity contribution in [2.24, 2.45) is 0 Å². The zero-order chi connectivity index (χ0) is 17.7. The van der Waals surface area contributed by atoms with Gasteiger partial charge in [-0.2, -0.15) is 0 Å². The van der Waals surface area contributed by atoms with Crippen LogP contribution in [0.2, 0.25) is 0 Å². The van der Waals surface area contributed by atoms with Crippen LogP contribution in [-0.2, 0) is 6.54 Å². The van der Waals surface area contributed by atoms with E-state index in [0.717, 1.165) is 0 Å². The third kappa shape index (κ3) is 3.95. The van der Waals surface area contributed by atoms with Crippen molar-refractivity contribution in [2.45, 2.75) is 6.54 Å². The SMILES string of the molecule is COc1cc(OC)cc(C(=O)N(C)Cc2ccc(OC)c(F)c2)c1. The molecule has 0 heterocycles. The highest BCUT2D eigenvalue weighted by atomic mass is 19.1. The second-order valence-corrected chi connectivity index (χ2v) is 5.23. The molecule has 0 bridgehead atoms. The van der Waals surface area contributed by atoms with Gasteiger partial charge in [0.1, 0.15) is 11.5 Å². The lowest BCUT2D eigenvalue weighted by molar-refractivity contribution is 0.0784. The van der Waals surface area contributed by atoms with Gasteiger partial charge >= 0.3 is 0 Å². The first-order valence-corrected chi connectivity index (χ1v) is 7.29.